The molecule has 0 amide bonds. The molecule has 0 spiro atoms. The molecule has 0 saturated carbocycles. The van der Waals surface area contributed by atoms with Gasteiger partial charge in [-0.05, 0) is 29.7 Å². The highest BCUT2D eigenvalue weighted by Gasteiger charge is 2.38. The van der Waals surface area contributed by atoms with Gasteiger partial charge in [0.2, 0.25) is 0 Å². The molecule has 2 aromatic rings. The van der Waals surface area contributed by atoms with E-state index in [0.717, 1.165) is 6.42 Å². The Labute approximate surface area is 107 Å². The Hall–Kier alpha value is -1.85. The summed E-state index contributed by atoms with van der Waals surface area (Å²) in [6.45, 7) is 3.23. The molecule has 0 aliphatic carbocycles. The average Bonchev–Trinajstić information content (AvgIpc) is 2.34. The predicted octanol–water partition coefficient (Wildman–Crippen LogP) is 3.23. The molecule has 3 rings (SSSR count). The van der Waals surface area contributed by atoms with Gasteiger partial charge >= 0.3 is 0 Å². The normalized spacial score (nSPS) is 17.1. The van der Waals surface area contributed by atoms with Gasteiger partial charge in [-0.15, -0.1) is 0 Å². The molecule has 1 aliphatic heterocycles. The van der Waals surface area contributed by atoms with Crippen LogP contribution in [0.1, 0.15) is 11.1 Å². The molecule has 0 aromatic heterocycles. The molecule has 90 valence electrons. The van der Waals surface area contributed by atoms with E-state index in [0.29, 0.717) is 13.2 Å². The highest BCUT2D eigenvalue weighted by Crippen LogP contribution is 2.31. The summed E-state index contributed by atoms with van der Waals surface area (Å²) >= 11 is 0. The van der Waals surface area contributed by atoms with E-state index < -0.39 is 0 Å². The fourth-order valence-electron chi connectivity index (χ4n) is 2.47. The third-order valence-corrected chi connectivity index (χ3v) is 3.60. The van der Waals surface area contributed by atoms with E-state index in [-0.39, 0.29) is 5.41 Å². The van der Waals surface area contributed by atoms with Gasteiger partial charge in [-0.3, -0.25) is 0 Å². The van der Waals surface area contributed by atoms with Crippen LogP contribution in [0, 0.1) is 23.7 Å². The Kier molecular flexibility index (Phi) is 2.57. The van der Waals surface area contributed by atoms with Crippen LogP contribution in [0.15, 0.2) is 36.4 Å². The summed E-state index contributed by atoms with van der Waals surface area (Å²) in [5.41, 5.74) is 2.20. The number of rotatable bonds is 2. The molecule has 0 bridgehead atoms. The lowest BCUT2D eigenvalue weighted by Gasteiger charge is -2.35. The first-order chi connectivity index (χ1) is 8.71. The summed E-state index contributed by atoms with van der Waals surface area (Å²) < 4.78 is 5.18. The number of hydrogen-bond acceptors (Lipinski definition) is 2. The van der Waals surface area contributed by atoms with Gasteiger partial charge in [0.05, 0.1) is 19.3 Å². The molecular weight excluding hydrogens is 222 g/mol. The zero-order valence-electron chi connectivity index (χ0n) is 10.4. The minimum Gasteiger partial charge on any atom is -0.378 e. The Morgan fingerprint density at radius 2 is 1.89 bits per heavy atom. The number of aryl methyl sites for hydroxylation is 1. The Morgan fingerprint density at radius 1 is 1.17 bits per heavy atom. The van der Waals surface area contributed by atoms with Gasteiger partial charge in [-0.25, -0.2) is 0 Å². The first kappa shape index (κ1) is 11.3. The lowest BCUT2D eigenvalue weighted by molar-refractivity contribution is -0.0765. The van der Waals surface area contributed by atoms with Crippen molar-refractivity contribution in [3.63, 3.8) is 0 Å². The topological polar surface area (TPSA) is 33.0 Å². The van der Waals surface area contributed by atoms with Gasteiger partial charge in [-0.2, -0.15) is 5.26 Å². The monoisotopic (exact) mass is 237 g/mol. The molecule has 1 fully saturated rings. The molecule has 1 aliphatic rings. The molecule has 0 atom stereocenters. The SMILES string of the molecule is Cc1ccc2cc(CC3(C#N)COC3)ccc2c1. The van der Waals surface area contributed by atoms with Crippen molar-refractivity contribution in [2.45, 2.75) is 13.3 Å². The molecular formula is C16H15NO. The molecule has 2 heteroatoms. The molecule has 1 saturated heterocycles. The zero-order chi connectivity index (χ0) is 12.6. The van der Waals surface area contributed by atoms with Crippen molar-refractivity contribution < 1.29 is 4.74 Å². The number of nitriles is 1. The molecule has 2 nitrogen and oxygen atoms in total. The minimum atomic E-state index is -0.293. The van der Waals surface area contributed by atoms with E-state index in [1.807, 2.05) is 0 Å². The molecule has 0 unspecified atom stereocenters. The van der Waals surface area contributed by atoms with Gasteiger partial charge < -0.3 is 4.74 Å². The summed E-state index contributed by atoms with van der Waals surface area (Å²) in [7, 11) is 0. The highest BCUT2D eigenvalue weighted by molar-refractivity contribution is 5.83. The first-order valence-corrected chi connectivity index (χ1v) is 6.19. The van der Waals surface area contributed by atoms with E-state index >= 15 is 0 Å². The van der Waals surface area contributed by atoms with Crippen molar-refractivity contribution in [2.24, 2.45) is 5.41 Å². The second-order valence-corrected chi connectivity index (χ2v) is 5.25. The number of benzene rings is 2. The van der Waals surface area contributed by atoms with E-state index in [1.165, 1.54) is 21.9 Å². The van der Waals surface area contributed by atoms with Crippen molar-refractivity contribution in [2.75, 3.05) is 13.2 Å². The van der Waals surface area contributed by atoms with Crippen molar-refractivity contribution in [1.29, 1.82) is 5.26 Å². The Morgan fingerprint density at radius 3 is 2.56 bits per heavy atom. The Balaban J connectivity index is 1.94. The van der Waals surface area contributed by atoms with Crippen LogP contribution >= 0.6 is 0 Å². The smallest absolute Gasteiger partial charge is 0.108 e. The van der Waals surface area contributed by atoms with Crippen LogP contribution < -0.4 is 0 Å². The maximum absolute atomic E-state index is 9.22. The zero-order valence-corrected chi connectivity index (χ0v) is 10.4. The van der Waals surface area contributed by atoms with Crippen molar-refractivity contribution in [3.05, 3.63) is 47.5 Å². The van der Waals surface area contributed by atoms with E-state index in [1.54, 1.807) is 0 Å². The lowest BCUT2D eigenvalue weighted by Crippen LogP contribution is -2.43. The molecule has 0 N–H and O–H groups in total. The summed E-state index contributed by atoms with van der Waals surface area (Å²) in [5, 5.41) is 11.7. The molecule has 0 radical (unpaired) electrons. The highest BCUT2D eigenvalue weighted by atomic mass is 16.5. The maximum atomic E-state index is 9.22. The average molecular weight is 237 g/mol. The van der Waals surface area contributed by atoms with Gasteiger partial charge in [0.1, 0.15) is 5.41 Å². The second-order valence-electron chi connectivity index (χ2n) is 5.25. The van der Waals surface area contributed by atoms with Crippen LogP contribution in [-0.4, -0.2) is 13.2 Å². The van der Waals surface area contributed by atoms with Crippen molar-refractivity contribution in [1.82, 2.24) is 0 Å². The second kappa shape index (κ2) is 4.12. The minimum absolute atomic E-state index is 0.293. The van der Waals surface area contributed by atoms with Crippen LogP contribution in [0.3, 0.4) is 0 Å². The summed E-state index contributed by atoms with van der Waals surface area (Å²) in [6, 6.07) is 15.3. The van der Waals surface area contributed by atoms with Crippen LogP contribution in [0.4, 0.5) is 0 Å². The van der Waals surface area contributed by atoms with Crippen LogP contribution in [-0.2, 0) is 11.2 Å². The van der Waals surface area contributed by atoms with Gasteiger partial charge in [-0.1, -0.05) is 42.0 Å². The van der Waals surface area contributed by atoms with E-state index in [9.17, 15) is 5.26 Å². The molecule has 2 aromatic carbocycles. The third kappa shape index (κ3) is 1.87. The number of ether oxygens (including phenoxy) is 1. The quantitative estimate of drug-likeness (QED) is 0.803. The largest absolute Gasteiger partial charge is 0.378 e. The van der Waals surface area contributed by atoms with Crippen LogP contribution in [0.5, 0.6) is 0 Å². The molecule has 1 heterocycles. The first-order valence-electron chi connectivity index (χ1n) is 6.19. The van der Waals surface area contributed by atoms with Gasteiger partial charge in [0, 0.05) is 0 Å². The maximum Gasteiger partial charge on any atom is 0.108 e. The van der Waals surface area contributed by atoms with Crippen molar-refractivity contribution >= 4 is 10.8 Å². The fraction of sp³-hybridized carbons (Fsp3) is 0.312. The van der Waals surface area contributed by atoms with Crippen LogP contribution in [0.2, 0.25) is 0 Å². The number of nitrogens with zero attached hydrogens (tertiary/aromatic N) is 1. The van der Waals surface area contributed by atoms with Gasteiger partial charge in [0.25, 0.3) is 0 Å². The van der Waals surface area contributed by atoms with E-state index in [2.05, 4.69) is 49.4 Å². The number of fused-ring (bicyclic) bond motifs is 1. The fourth-order valence-corrected chi connectivity index (χ4v) is 2.47. The van der Waals surface area contributed by atoms with Crippen LogP contribution in [0.25, 0.3) is 10.8 Å². The summed E-state index contributed by atoms with van der Waals surface area (Å²) in [4.78, 5) is 0. The lowest BCUT2D eigenvalue weighted by atomic mass is 9.81. The Bertz CT molecular complexity index is 635. The molecule has 18 heavy (non-hydrogen) atoms. The summed E-state index contributed by atoms with van der Waals surface area (Å²) in [6.07, 6.45) is 0.785. The summed E-state index contributed by atoms with van der Waals surface area (Å²) in [5.74, 6) is 0. The van der Waals surface area contributed by atoms with E-state index in [4.69, 9.17) is 4.74 Å². The van der Waals surface area contributed by atoms with Gasteiger partial charge in [0.15, 0.2) is 0 Å². The predicted molar refractivity (Wildman–Crippen MR) is 71.3 cm³/mol. The standard InChI is InChI=1S/C16H15NO/c1-12-2-4-15-7-13(3-5-14(15)6-12)8-16(9-17)10-18-11-16/h2-7H,8,10-11H2,1H3. The van der Waals surface area contributed by atoms with Crippen molar-refractivity contribution in [3.8, 4) is 6.07 Å². The third-order valence-electron chi connectivity index (χ3n) is 3.60. The number of hydrogen-bond donors (Lipinski definition) is 0.